The maximum absolute atomic E-state index is 11.6. The number of carbonyl (C=O) groups is 2. The molecule has 1 rings (SSSR count). The number of aliphatic hydroxyl groups is 1. The molecule has 0 aliphatic carbocycles. The van der Waals surface area contributed by atoms with Gasteiger partial charge in [-0.2, -0.15) is 0 Å². The Balaban J connectivity index is 2.32. The van der Waals surface area contributed by atoms with E-state index in [0.29, 0.717) is 10.8 Å². The molecule has 3 N–H and O–H groups in total. The maximum atomic E-state index is 11.6. The number of amides is 1. The molecule has 0 saturated heterocycles. The standard InChI is InChI=1S/C13H16ClNO4S/c14-9-1-3-10(4-2-9)20-8-6-12(17)15-11(5-7-16)13(18)19/h1-4,11,16H,5-8H2,(H,15,17)(H,18,19). The van der Waals surface area contributed by atoms with Crippen molar-refractivity contribution in [2.24, 2.45) is 0 Å². The highest BCUT2D eigenvalue weighted by molar-refractivity contribution is 7.99. The molecule has 0 aliphatic rings. The van der Waals surface area contributed by atoms with Crippen molar-refractivity contribution in [2.75, 3.05) is 12.4 Å². The number of carbonyl (C=O) groups excluding carboxylic acids is 1. The van der Waals surface area contributed by atoms with Gasteiger partial charge in [0, 0.05) is 35.1 Å². The fourth-order valence-corrected chi connectivity index (χ4v) is 2.42. The SMILES string of the molecule is O=C(CCSc1ccc(Cl)cc1)NC(CCO)C(=O)O. The summed E-state index contributed by atoms with van der Waals surface area (Å²) in [6, 6.07) is 6.22. The zero-order valence-electron chi connectivity index (χ0n) is 10.7. The zero-order chi connectivity index (χ0) is 15.0. The summed E-state index contributed by atoms with van der Waals surface area (Å²) in [5.41, 5.74) is 0. The Morgan fingerprint density at radius 3 is 2.50 bits per heavy atom. The number of benzene rings is 1. The quantitative estimate of drug-likeness (QED) is 0.636. The predicted octanol–water partition coefficient (Wildman–Crippen LogP) is 1.77. The highest BCUT2D eigenvalue weighted by atomic mass is 35.5. The Morgan fingerprint density at radius 1 is 1.30 bits per heavy atom. The molecule has 1 amide bonds. The van der Waals surface area contributed by atoms with Gasteiger partial charge in [0.1, 0.15) is 6.04 Å². The molecule has 0 aliphatic heterocycles. The first-order chi connectivity index (χ1) is 9.52. The Kier molecular flexibility index (Phi) is 7.43. The van der Waals surface area contributed by atoms with Crippen molar-refractivity contribution in [2.45, 2.75) is 23.8 Å². The minimum absolute atomic E-state index is 0.00536. The Hall–Kier alpha value is -1.24. The molecule has 0 spiro atoms. The molecule has 1 unspecified atom stereocenters. The van der Waals surface area contributed by atoms with Crippen LogP contribution in [0.25, 0.3) is 0 Å². The van der Waals surface area contributed by atoms with Crippen molar-refractivity contribution in [3.63, 3.8) is 0 Å². The summed E-state index contributed by atoms with van der Waals surface area (Å²) in [5, 5.41) is 20.6. The van der Waals surface area contributed by atoms with E-state index in [4.69, 9.17) is 21.8 Å². The number of aliphatic hydroxyl groups excluding tert-OH is 1. The number of hydrogen-bond donors (Lipinski definition) is 3. The molecule has 110 valence electrons. The topological polar surface area (TPSA) is 86.6 Å². The van der Waals surface area contributed by atoms with Gasteiger partial charge in [-0.15, -0.1) is 11.8 Å². The fraction of sp³-hybridized carbons (Fsp3) is 0.385. The monoisotopic (exact) mass is 317 g/mol. The maximum Gasteiger partial charge on any atom is 0.326 e. The van der Waals surface area contributed by atoms with Crippen molar-refractivity contribution >= 4 is 35.2 Å². The third-order valence-electron chi connectivity index (χ3n) is 2.46. The van der Waals surface area contributed by atoms with E-state index < -0.39 is 12.0 Å². The van der Waals surface area contributed by atoms with Gasteiger partial charge in [-0.25, -0.2) is 4.79 Å². The third kappa shape index (κ3) is 6.27. The highest BCUT2D eigenvalue weighted by Gasteiger charge is 2.18. The number of hydrogen-bond acceptors (Lipinski definition) is 4. The van der Waals surface area contributed by atoms with E-state index in [-0.39, 0.29) is 25.4 Å². The van der Waals surface area contributed by atoms with Crippen LogP contribution in [0.3, 0.4) is 0 Å². The minimum atomic E-state index is -1.14. The van der Waals surface area contributed by atoms with Crippen LogP contribution >= 0.6 is 23.4 Å². The average molecular weight is 318 g/mol. The van der Waals surface area contributed by atoms with Gasteiger partial charge in [0.15, 0.2) is 0 Å². The summed E-state index contributed by atoms with van der Waals surface area (Å²) in [6.45, 7) is -0.281. The first kappa shape index (κ1) is 16.8. The molecule has 20 heavy (non-hydrogen) atoms. The van der Waals surface area contributed by atoms with Crippen molar-refractivity contribution in [1.82, 2.24) is 5.32 Å². The highest BCUT2D eigenvalue weighted by Crippen LogP contribution is 2.20. The Labute approximate surface area is 126 Å². The molecule has 0 bridgehead atoms. The van der Waals surface area contributed by atoms with Crippen molar-refractivity contribution in [3.8, 4) is 0 Å². The second-order valence-corrected chi connectivity index (χ2v) is 5.63. The van der Waals surface area contributed by atoms with Crippen LogP contribution in [0, 0.1) is 0 Å². The van der Waals surface area contributed by atoms with Crippen LogP contribution in [0.5, 0.6) is 0 Å². The lowest BCUT2D eigenvalue weighted by Crippen LogP contribution is -2.41. The summed E-state index contributed by atoms with van der Waals surface area (Å²) < 4.78 is 0. The van der Waals surface area contributed by atoms with Gasteiger partial charge in [-0.3, -0.25) is 4.79 Å². The van der Waals surface area contributed by atoms with E-state index in [2.05, 4.69) is 5.32 Å². The van der Waals surface area contributed by atoms with Crippen LogP contribution in [0.1, 0.15) is 12.8 Å². The van der Waals surface area contributed by atoms with Gasteiger partial charge in [-0.05, 0) is 24.3 Å². The van der Waals surface area contributed by atoms with E-state index in [1.54, 1.807) is 12.1 Å². The molecule has 0 saturated carbocycles. The number of thioether (sulfide) groups is 1. The normalized spacial score (nSPS) is 11.9. The first-order valence-electron chi connectivity index (χ1n) is 6.04. The molecule has 0 aromatic heterocycles. The minimum Gasteiger partial charge on any atom is -0.480 e. The molecule has 1 aromatic rings. The van der Waals surface area contributed by atoms with Crippen LogP contribution in [-0.4, -0.2) is 40.5 Å². The molecule has 7 heteroatoms. The fourth-order valence-electron chi connectivity index (χ4n) is 1.45. The molecular weight excluding hydrogens is 302 g/mol. The average Bonchev–Trinajstić information content (AvgIpc) is 2.40. The lowest BCUT2D eigenvalue weighted by Gasteiger charge is -2.12. The van der Waals surface area contributed by atoms with E-state index in [1.807, 2.05) is 12.1 Å². The molecule has 1 atom stereocenters. The molecule has 0 fully saturated rings. The number of aliphatic carboxylic acids is 1. The predicted molar refractivity (Wildman–Crippen MR) is 78.1 cm³/mol. The summed E-state index contributed by atoms with van der Waals surface area (Å²) in [5.74, 6) is -0.941. The summed E-state index contributed by atoms with van der Waals surface area (Å²) >= 11 is 7.25. The zero-order valence-corrected chi connectivity index (χ0v) is 12.3. The molecule has 5 nitrogen and oxygen atoms in total. The van der Waals surface area contributed by atoms with Crippen LogP contribution in [0.2, 0.25) is 5.02 Å². The van der Waals surface area contributed by atoms with Gasteiger partial charge in [0.2, 0.25) is 5.91 Å². The van der Waals surface area contributed by atoms with Crippen molar-refractivity contribution in [1.29, 1.82) is 0 Å². The van der Waals surface area contributed by atoms with Crippen LogP contribution in [-0.2, 0) is 9.59 Å². The van der Waals surface area contributed by atoms with Gasteiger partial charge < -0.3 is 15.5 Å². The van der Waals surface area contributed by atoms with Gasteiger partial charge >= 0.3 is 5.97 Å². The molecular formula is C13H16ClNO4S. The number of halogens is 1. The first-order valence-corrected chi connectivity index (χ1v) is 7.40. The third-order valence-corrected chi connectivity index (χ3v) is 3.73. The smallest absolute Gasteiger partial charge is 0.326 e. The molecule has 1 aromatic carbocycles. The number of carboxylic acid groups (broad SMARTS) is 1. The Bertz CT molecular complexity index is 452. The number of rotatable bonds is 8. The van der Waals surface area contributed by atoms with Crippen LogP contribution in [0.15, 0.2) is 29.2 Å². The van der Waals surface area contributed by atoms with E-state index in [0.717, 1.165) is 4.90 Å². The number of nitrogens with one attached hydrogen (secondary N) is 1. The number of carboxylic acids is 1. The van der Waals surface area contributed by atoms with Gasteiger partial charge in [0.05, 0.1) is 0 Å². The van der Waals surface area contributed by atoms with Gasteiger partial charge in [0.25, 0.3) is 0 Å². The largest absolute Gasteiger partial charge is 0.480 e. The second kappa shape index (κ2) is 8.84. The summed E-state index contributed by atoms with van der Waals surface area (Å²) in [6.07, 6.45) is 0.216. The molecule has 0 heterocycles. The van der Waals surface area contributed by atoms with Crippen LogP contribution in [0.4, 0.5) is 0 Å². The second-order valence-electron chi connectivity index (χ2n) is 4.02. The van der Waals surface area contributed by atoms with E-state index in [9.17, 15) is 9.59 Å². The van der Waals surface area contributed by atoms with Gasteiger partial charge in [-0.1, -0.05) is 11.6 Å². The van der Waals surface area contributed by atoms with Crippen molar-refractivity contribution < 1.29 is 19.8 Å². The molecule has 0 radical (unpaired) electrons. The summed E-state index contributed by atoms with van der Waals surface area (Å²) in [7, 11) is 0. The summed E-state index contributed by atoms with van der Waals surface area (Å²) in [4.78, 5) is 23.4. The lowest BCUT2D eigenvalue weighted by atomic mass is 10.2. The lowest BCUT2D eigenvalue weighted by molar-refractivity contribution is -0.142. The van der Waals surface area contributed by atoms with Crippen molar-refractivity contribution in [3.05, 3.63) is 29.3 Å². The van der Waals surface area contributed by atoms with E-state index in [1.165, 1.54) is 11.8 Å². The van der Waals surface area contributed by atoms with E-state index >= 15 is 0 Å². The van der Waals surface area contributed by atoms with Crippen LogP contribution < -0.4 is 5.32 Å². The Morgan fingerprint density at radius 2 is 1.95 bits per heavy atom.